The van der Waals surface area contributed by atoms with E-state index in [4.69, 9.17) is 0 Å². The summed E-state index contributed by atoms with van der Waals surface area (Å²) in [5.74, 6) is 0.421. The number of hydrogen-bond acceptors (Lipinski definition) is 6. The van der Waals surface area contributed by atoms with Gasteiger partial charge in [0.15, 0.2) is 5.82 Å². The van der Waals surface area contributed by atoms with E-state index in [1.807, 2.05) is 49.7 Å². The third kappa shape index (κ3) is 4.50. The summed E-state index contributed by atoms with van der Waals surface area (Å²) in [4.78, 5) is 8.85. The van der Waals surface area contributed by atoms with Gasteiger partial charge in [-0.1, -0.05) is 19.1 Å². The van der Waals surface area contributed by atoms with E-state index in [0.29, 0.717) is 22.9 Å². The number of aliphatic hydroxyl groups is 1. The lowest BCUT2D eigenvalue weighted by Gasteiger charge is -2.17. The predicted molar refractivity (Wildman–Crippen MR) is 121 cm³/mol. The van der Waals surface area contributed by atoms with E-state index >= 15 is 0 Å². The van der Waals surface area contributed by atoms with E-state index in [1.165, 1.54) is 12.1 Å². The smallest absolute Gasteiger partial charge is 0.152 e. The molecule has 0 bridgehead atoms. The Labute approximate surface area is 186 Å². The lowest BCUT2D eigenvalue weighted by molar-refractivity contribution is 0.276. The van der Waals surface area contributed by atoms with Crippen LogP contribution >= 0.6 is 0 Å². The maximum atomic E-state index is 13.2. The van der Waals surface area contributed by atoms with Gasteiger partial charge in [0.2, 0.25) is 0 Å². The van der Waals surface area contributed by atoms with Gasteiger partial charge in [0, 0.05) is 6.20 Å². The molecule has 7 nitrogen and oxygen atoms in total. The van der Waals surface area contributed by atoms with Gasteiger partial charge >= 0.3 is 0 Å². The minimum absolute atomic E-state index is 0.0573. The minimum atomic E-state index is -0.261. The number of aryl methyl sites for hydroxylation is 2. The molecule has 1 aromatic carbocycles. The number of hydrogen-bond donors (Lipinski definition) is 2. The Bertz CT molecular complexity index is 1220. The summed E-state index contributed by atoms with van der Waals surface area (Å²) in [7, 11) is 0. The zero-order chi connectivity index (χ0) is 22.7. The fraction of sp³-hybridized carbons (Fsp3) is 0.250. The van der Waals surface area contributed by atoms with Gasteiger partial charge in [-0.05, 0) is 61.7 Å². The molecule has 0 saturated carbocycles. The van der Waals surface area contributed by atoms with Crippen molar-refractivity contribution < 1.29 is 9.50 Å². The number of imidazole rings is 1. The third-order valence-electron chi connectivity index (χ3n) is 5.33. The van der Waals surface area contributed by atoms with Crippen LogP contribution in [0.25, 0.3) is 17.1 Å². The fourth-order valence-corrected chi connectivity index (χ4v) is 3.53. The van der Waals surface area contributed by atoms with E-state index in [0.717, 1.165) is 28.9 Å². The monoisotopic (exact) mass is 432 g/mol. The summed E-state index contributed by atoms with van der Waals surface area (Å²) < 4.78 is 15.0. The maximum Gasteiger partial charge on any atom is 0.152 e. The van der Waals surface area contributed by atoms with Crippen LogP contribution in [0.2, 0.25) is 0 Å². The van der Waals surface area contributed by atoms with Crippen molar-refractivity contribution in [1.29, 1.82) is 0 Å². The average molecular weight is 433 g/mol. The lowest BCUT2D eigenvalue weighted by atomic mass is 10.1. The molecule has 8 heteroatoms. The van der Waals surface area contributed by atoms with E-state index < -0.39 is 0 Å². The summed E-state index contributed by atoms with van der Waals surface area (Å²) in [6, 6.07) is 12.1. The highest BCUT2D eigenvalue weighted by atomic mass is 19.1. The number of rotatable bonds is 7. The Morgan fingerprint density at radius 1 is 1.09 bits per heavy atom. The van der Waals surface area contributed by atoms with E-state index in [-0.39, 0.29) is 18.5 Å². The van der Waals surface area contributed by atoms with Gasteiger partial charge in [0.25, 0.3) is 0 Å². The third-order valence-corrected chi connectivity index (χ3v) is 5.33. The molecule has 2 N–H and O–H groups in total. The zero-order valence-electron chi connectivity index (χ0n) is 18.2. The van der Waals surface area contributed by atoms with E-state index in [2.05, 4.69) is 25.5 Å². The SMILES string of the molecule is CCc1cc(-c2ccc(-n3cnc(C)c3)c(CO)n2)nnc1N[C@H](C)c1ccc(F)cc1. The largest absolute Gasteiger partial charge is 0.390 e. The van der Waals surface area contributed by atoms with Crippen LogP contribution in [0.5, 0.6) is 0 Å². The first kappa shape index (κ1) is 21.6. The molecule has 4 rings (SSSR count). The minimum Gasteiger partial charge on any atom is -0.390 e. The molecule has 3 heterocycles. The van der Waals surface area contributed by atoms with Crippen molar-refractivity contribution >= 4 is 5.82 Å². The predicted octanol–water partition coefficient (Wildman–Crippen LogP) is 4.40. The number of nitrogens with one attached hydrogen (secondary N) is 1. The zero-order valence-corrected chi connectivity index (χ0v) is 18.2. The molecule has 164 valence electrons. The maximum absolute atomic E-state index is 13.2. The number of benzene rings is 1. The quantitative estimate of drug-likeness (QED) is 0.450. The van der Waals surface area contributed by atoms with Crippen molar-refractivity contribution in [1.82, 2.24) is 24.7 Å². The van der Waals surface area contributed by atoms with Crippen LogP contribution in [-0.2, 0) is 13.0 Å². The molecule has 0 fully saturated rings. The van der Waals surface area contributed by atoms with Gasteiger partial charge in [-0.3, -0.25) is 0 Å². The number of aliphatic hydroxyl groups excluding tert-OH is 1. The van der Waals surface area contributed by atoms with Crippen molar-refractivity contribution in [3.8, 4) is 17.1 Å². The van der Waals surface area contributed by atoms with Gasteiger partial charge in [-0.2, -0.15) is 0 Å². The number of anilines is 1. The van der Waals surface area contributed by atoms with Gasteiger partial charge in [-0.25, -0.2) is 14.4 Å². The lowest BCUT2D eigenvalue weighted by Crippen LogP contribution is -2.11. The van der Waals surface area contributed by atoms with E-state index in [9.17, 15) is 9.50 Å². The second kappa shape index (κ2) is 9.23. The molecule has 0 saturated heterocycles. The van der Waals surface area contributed by atoms with Crippen LogP contribution < -0.4 is 5.32 Å². The fourth-order valence-electron chi connectivity index (χ4n) is 3.53. The number of halogens is 1. The topological polar surface area (TPSA) is 88.8 Å². The first-order chi connectivity index (χ1) is 15.5. The molecule has 0 radical (unpaired) electrons. The Morgan fingerprint density at radius 3 is 2.53 bits per heavy atom. The molecule has 1 atom stereocenters. The van der Waals surface area contributed by atoms with Gasteiger partial charge in [0.05, 0.1) is 41.7 Å². The summed E-state index contributed by atoms with van der Waals surface area (Å²) in [6.45, 7) is 5.74. The Balaban J connectivity index is 1.61. The average Bonchev–Trinajstić information content (AvgIpc) is 3.25. The van der Waals surface area contributed by atoms with Crippen molar-refractivity contribution in [3.63, 3.8) is 0 Å². The number of aromatic nitrogens is 5. The van der Waals surface area contributed by atoms with Crippen molar-refractivity contribution in [2.24, 2.45) is 0 Å². The molecule has 0 aliphatic rings. The van der Waals surface area contributed by atoms with Gasteiger partial charge < -0.3 is 15.0 Å². The second-order valence-corrected chi connectivity index (χ2v) is 7.62. The summed E-state index contributed by atoms with van der Waals surface area (Å²) >= 11 is 0. The molecule has 4 aromatic rings. The van der Waals surface area contributed by atoms with Gasteiger partial charge in [-0.15, -0.1) is 10.2 Å². The van der Waals surface area contributed by atoms with Gasteiger partial charge in [0.1, 0.15) is 11.5 Å². The Hall–Kier alpha value is -3.65. The standard InChI is InChI=1S/C24H25FN6O/c1-4-17-11-21(29-30-24(17)27-16(3)18-5-7-19(25)8-6-18)20-9-10-23(22(13-32)28-20)31-12-15(2)26-14-31/h5-12,14,16,32H,4,13H2,1-3H3,(H,27,30)/t16-/m1/s1. The number of pyridine rings is 1. The van der Waals surface area contributed by atoms with Crippen LogP contribution in [0.4, 0.5) is 10.2 Å². The Kier molecular flexibility index (Phi) is 6.23. The highest BCUT2D eigenvalue weighted by molar-refractivity contribution is 5.60. The molecule has 3 aromatic heterocycles. The van der Waals surface area contributed by atoms with Crippen LogP contribution in [0.15, 0.2) is 55.0 Å². The van der Waals surface area contributed by atoms with Crippen LogP contribution in [-0.4, -0.2) is 29.8 Å². The van der Waals surface area contributed by atoms with Crippen LogP contribution in [0.1, 0.15) is 42.4 Å². The van der Waals surface area contributed by atoms with E-state index in [1.54, 1.807) is 18.5 Å². The molecule has 32 heavy (non-hydrogen) atoms. The normalized spacial score (nSPS) is 12.0. The highest BCUT2D eigenvalue weighted by Gasteiger charge is 2.14. The van der Waals surface area contributed by atoms with Crippen molar-refractivity contribution in [3.05, 3.63) is 83.3 Å². The van der Waals surface area contributed by atoms with Crippen LogP contribution in [0, 0.1) is 12.7 Å². The summed E-state index contributed by atoms with van der Waals surface area (Å²) in [5, 5.41) is 22.0. The second-order valence-electron chi connectivity index (χ2n) is 7.62. The van der Waals surface area contributed by atoms with Crippen molar-refractivity contribution in [2.45, 2.75) is 39.8 Å². The summed E-state index contributed by atoms with van der Waals surface area (Å²) in [5.41, 5.74) is 5.40. The van der Waals surface area contributed by atoms with Crippen LogP contribution in [0.3, 0.4) is 0 Å². The molecule has 0 aliphatic carbocycles. The summed E-state index contributed by atoms with van der Waals surface area (Å²) in [6.07, 6.45) is 4.33. The molecular weight excluding hydrogens is 407 g/mol. The number of nitrogens with zero attached hydrogens (tertiary/aromatic N) is 5. The first-order valence-corrected chi connectivity index (χ1v) is 10.5. The van der Waals surface area contributed by atoms with Crippen molar-refractivity contribution in [2.75, 3.05) is 5.32 Å². The highest BCUT2D eigenvalue weighted by Crippen LogP contribution is 2.25. The molecule has 0 aliphatic heterocycles. The molecule has 0 spiro atoms. The molecule has 0 unspecified atom stereocenters. The molecule has 0 amide bonds. The molecular formula is C24H25FN6O. The first-order valence-electron chi connectivity index (χ1n) is 10.5. The Morgan fingerprint density at radius 2 is 1.88 bits per heavy atom.